The number of benzene rings is 2. The molecule has 2 nitrogen and oxygen atoms in total. The Kier molecular flexibility index (Phi) is 5.40. The largest absolute Gasteiger partial charge is 0.321 e. The Balaban J connectivity index is 2.08. The molecule has 0 saturated heterocycles. The zero-order chi connectivity index (χ0) is 14.5. The third-order valence-corrected chi connectivity index (χ3v) is 4.00. The van der Waals surface area contributed by atoms with E-state index < -0.39 is 0 Å². The van der Waals surface area contributed by atoms with Crippen molar-refractivity contribution in [3.63, 3.8) is 0 Å². The van der Waals surface area contributed by atoms with Crippen molar-refractivity contribution in [1.82, 2.24) is 0 Å². The Bertz CT molecular complexity index is 671. The lowest BCUT2D eigenvalue weighted by atomic mass is 10.2. The van der Waals surface area contributed by atoms with Gasteiger partial charge in [0.15, 0.2) is 0 Å². The second-order valence-corrected chi connectivity index (χ2v) is 6.15. The minimum atomic E-state index is -0.215. The lowest BCUT2D eigenvalue weighted by molar-refractivity contribution is -0.111. The van der Waals surface area contributed by atoms with E-state index in [1.165, 1.54) is 6.08 Å². The minimum Gasteiger partial charge on any atom is -0.321 e. The second-order valence-electron chi connectivity index (χ2n) is 3.97. The fourth-order valence-electron chi connectivity index (χ4n) is 1.54. The number of amides is 1. The predicted octanol–water partition coefficient (Wildman–Crippen LogP) is 5.52. The Hall–Kier alpha value is -1.10. The Morgan fingerprint density at radius 2 is 1.90 bits per heavy atom. The van der Waals surface area contributed by atoms with Gasteiger partial charge < -0.3 is 5.32 Å². The number of nitrogens with one attached hydrogen (secondary N) is 1. The van der Waals surface area contributed by atoms with Gasteiger partial charge in [-0.05, 0) is 51.8 Å². The van der Waals surface area contributed by atoms with Crippen LogP contribution in [0.15, 0.2) is 57.5 Å². The van der Waals surface area contributed by atoms with Crippen molar-refractivity contribution in [2.45, 2.75) is 0 Å². The van der Waals surface area contributed by atoms with E-state index in [0.29, 0.717) is 10.7 Å². The van der Waals surface area contributed by atoms with E-state index >= 15 is 0 Å². The number of rotatable bonds is 3. The van der Waals surface area contributed by atoms with Crippen molar-refractivity contribution < 1.29 is 4.79 Å². The van der Waals surface area contributed by atoms with Gasteiger partial charge in [-0.3, -0.25) is 4.79 Å². The molecule has 0 atom stereocenters. The van der Waals surface area contributed by atoms with Crippen molar-refractivity contribution in [2.75, 3.05) is 5.32 Å². The van der Waals surface area contributed by atoms with Crippen molar-refractivity contribution in [3.05, 3.63) is 68.1 Å². The highest BCUT2D eigenvalue weighted by Gasteiger charge is 2.03. The zero-order valence-electron chi connectivity index (χ0n) is 10.2. The van der Waals surface area contributed by atoms with E-state index in [2.05, 4.69) is 37.2 Å². The average molecular weight is 416 g/mol. The smallest absolute Gasteiger partial charge is 0.248 e. The lowest BCUT2D eigenvalue weighted by Crippen LogP contribution is -2.08. The minimum absolute atomic E-state index is 0.215. The summed E-state index contributed by atoms with van der Waals surface area (Å²) in [5.74, 6) is -0.215. The maximum absolute atomic E-state index is 11.9. The van der Waals surface area contributed by atoms with Crippen molar-refractivity contribution in [2.24, 2.45) is 0 Å². The summed E-state index contributed by atoms with van der Waals surface area (Å²) in [4.78, 5) is 11.9. The third-order valence-electron chi connectivity index (χ3n) is 2.51. The topological polar surface area (TPSA) is 29.1 Å². The molecule has 2 aromatic rings. The molecule has 0 unspecified atom stereocenters. The van der Waals surface area contributed by atoms with Crippen molar-refractivity contribution >= 4 is 61.1 Å². The Morgan fingerprint density at radius 3 is 2.60 bits per heavy atom. The highest BCUT2D eigenvalue weighted by atomic mass is 79.9. The molecule has 0 radical (unpaired) electrons. The molecule has 0 aromatic heterocycles. The molecular weight excluding hydrogens is 405 g/mol. The zero-order valence-corrected chi connectivity index (χ0v) is 14.2. The maximum Gasteiger partial charge on any atom is 0.248 e. The van der Waals surface area contributed by atoms with Gasteiger partial charge in [-0.25, -0.2) is 0 Å². The van der Waals surface area contributed by atoms with Crippen LogP contribution in [0.3, 0.4) is 0 Å². The molecule has 20 heavy (non-hydrogen) atoms. The van der Waals surface area contributed by atoms with Crippen LogP contribution >= 0.6 is 43.5 Å². The molecule has 2 aromatic carbocycles. The van der Waals surface area contributed by atoms with Crippen LogP contribution in [0.1, 0.15) is 5.56 Å². The summed E-state index contributed by atoms with van der Waals surface area (Å²) in [7, 11) is 0. The fourth-order valence-corrected chi connectivity index (χ4v) is 2.89. The summed E-state index contributed by atoms with van der Waals surface area (Å²) in [5.41, 5.74) is 1.51. The molecule has 0 aliphatic rings. The summed E-state index contributed by atoms with van der Waals surface area (Å²) in [6, 6.07) is 12.9. The van der Waals surface area contributed by atoms with Crippen molar-refractivity contribution in [1.29, 1.82) is 0 Å². The van der Waals surface area contributed by atoms with E-state index in [4.69, 9.17) is 11.6 Å². The second kappa shape index (κ2) is 7.07. The molecule has 5 heteroatoms. The molecule has 0 heterocycles. The van der Waals surface area contributed by atoms with Crippen LogP contribution in [0.25, 0.3) is 6.08 Å². The van der Waals surface area contributed by atoms with E-state index in [9.17, 15) is 4.79 Å². The molecule has 0 fully saturated rings. The summed E-state index contributed by atoms with van der Waals surface area (Å²) >= 11 is 12.8. The fraction of sp³-hybridized carbons (Fsp3) is 0. The molecule has 102 valence electrons. The first-order valence-corrected chi connectivity index (χ1v) is 7.71. The molecule has 0 aliphatic carbocycles. The van der Waals surface area contributed by atoms with Gasteiger partial charge in [0.2, 0.25) is 5.91 Å². The Labute approximate surface area is 139 Å². The van der Waals surface area contributed by atoms with Gasteiger partial charge in [-0.15, -0.1) is 0 Å². The van der Waals surface area contributed by atoms with Crippen LogP contribution in [-0.2, 0) is 4.79 Å². The summed E-state index contributed by atoms with van der Waals surface area (Å²) in [6.07, 6.45) is 3.14. The lowest BCUT2D eigenvalue weighted by Gasteiger charge is -2.05. The van der Waals surface area contributed by atoms with Crippen LogP contribution in [-0.4, -0.2) is 5.91 Å². The van der Waals surface area contributed by atoms with Gasteiger partial charge in [0.05, 0.1) is 5.69 Å². The van der Waals surface area contributed by atoms with Gasteiger partial charge in [-0.1, -0.05) is 45.7 Å². The highest BCUT2D eigenvalue weighted by molar-refractivity contribution is 9.11. The van der Waals surface area contributed by atoms with E-state index in [1.807, 2.05) is 36.4 Å². The SMILES string of the molecule is O=C(C=Cc1ccccc1Cl)Nc1ccc(Br)cc1Br. The average Bonchev–Trinajstić information content (AvgIpc) is 2.41. The van der Waals surface area contributed by atoms with Gasteiger partial charge in [0, 0.05) is 20.0 Å². The van der Waals surface area contributed by atoms with E-state index in [1.54, 1.807) is 12.1 Å². The van der Waals surface area contributed by atoms with Crippen LogP contribution in [0.2, 0.25) is 5.02 Å². The number of hydrogen-bond donors (Lipinski definition) is 1. The number of hydrogen-bond acceptors (Lipinski definition) is 1. The highest BCUT2D eigenvalue weighted by Crippen LogP contribution is 2.26. The normalized spacial score (nSPS) is 10.8. The maximum atomic E-state index is 11.9. The summed E-state index contributed by atoms with van der Waals surface area (Å²) in [5, 5.41) is 3.40. The van der Waals surface area contributed by atoms with Gasteiger partial charge >= 0.3 is 0 Å². The first kappa shape index (κ1) is 15.3. The van der Waals surface area contributed by atoms with Gasteiger partial charge in [0.25, 0.3) is 0 Å². The number of anilines is 1. The molecule has 0 spiro atoms. The number of halogens is 3. The summed E-state index contributed by atoms with van der Waals surface area (Å²) < 4.78 is 1.75. The molecule has 1 N–H and O–H groups in total. The molecular formula is C15H10Br2ClNO. The first-order chi connectivity index (χ1) is 9.56. The molecule has 1 amide bonds. The summed E-state index contributed by atoms with van der Waals surface area (Å²) in [6.45, 7) is 0. The quantitative estimate of drug-likeness (QED) is 0.658. The molecule has 0 saturated carbocycles. The van der Waals surface area contributed by atoms with Crippen molar-refractivity contribution in [3.8, 4) is 0 Å². The molecule has 0 aliphatic heterocycles. The predicted molar refractivity (Wildman–Crippen MR) is 91.0 cm³/mol. The number of carbonyl (C=O) groups excluding carboxylic acids is 1. The molecule has 2 rings (SSSR count). The van der Waals surface area contributed by atoms with E-state index in [-0.39, 0.29) is 5.91 Å². The van der Waals surface area contributed by atoms with Crippen LogP contribution in [0, 0.1) is 0 Å². The first-order valence-electron chi connectivity index (χ1n) is 5.75. The monoisotopic (exact) mass is 413 g/mol. The van der Waals surface area contributed by atoms with E-state index in [0.717, 1.165) is 14.5 Å². The molecule has 0 bridgehead atoms. The standard InChI is InChI=1S/C15H10Br2ClNO/c16-11-6-7-14(12(17)9-11)19-15(20)8-5-10-3-1-2-4-13(10)18/h1-9H,(H,19,20). The Morgan fingerprint density at radius 1 is 1.15 bits per heavy atom. The van der Waals surface area contributed by atoms with Crippen LogP contribution in [0.4, 0.5) is 5.69 Å². The van der Waals surface area contributed by atoms with Crippen LogP contribution < -0.4 is 5.32 Å². The van der Waals surface area contributed by atoms with Crippen LogP contribution in [0.5, 0.6) is 0 Å². The number of carbonyl (C=O) groups is 1. The van der Waals surface area contributed by atoms with Gasteiger partial charge in [-0.2, -0.15) is 0 Å². The third kappa shape index (κ3) is 4.20. The van der Waals surface area contributed by atoms with Gasteiger partial charge in [0.1, 0.15) is 0 Å².